The van der Waals surface area contributed by atoms with Gasteiger partial charge in [0.2, 0.25) is 6.10 Å². The third-order valence-corrected chi connectivity index (χ3v) is 2.53. The predicted molar refractivity (Wildman–Crippen MR) is 49.6 cm³/mol. The highest BCUT2D eigenvalue weighted by Crippen LogP contribution is 2.29. The number of ether oxygens (including phenoxy) is 1. The van der Waals surface area contributed by atoms with Gasteiger partial charge in [-0.15, -0.1) is 0 Å². The maximum atomic E-state index is 11.3. The average Bonchev–Trinajstić information content (AvgIpc) is 2.10. The Labute approximate surface area is 83.2 Å². The molecule has 80 valence electrons. The maximum absolute atomic E-state index is 11.3. The second-order valence-corrected chi connectivity index (χ2v) is 3.62. The van der Waals surface area contributed by atoms with Crippen molar-refractivity contribution in [2.45, 2.75) is 38.7 Å². The Morgan fingerprint density at radius 2 is 2.14 bits per heavy atom. The van der Waals surface area contributed by atoms with Crippen molar-refractivity contribution in [2.75, 3.05) is 6.61 Å². The minimum absolute atomic E-state index is 0.187. The van der Waals surface area contributed by atoms with Crippen molar-refractivity contribution < 1.29 is 19.4 Å². The van der Waals surface area contributed by atoms with Crippen molar-refractivity contribution in [1.82, 2.24) is 0 Å². The van der Waals surface area contributed by atoms with Crippen LogP contribution in [0.2, 0.25) is 0 Å². The van der Waals surface area contributed by atoms with Gasteiger partial charge in [0, 0.05) is 6.42 Å². The molecule has 0 aliphatic heterocycles. The van der Waals surface area contributed by atoms with Crippen LogP contribution in [0.4, 0.5) is 0 Å². The number of ketones is 1. The molecule has 1 saturated carbocycles. The number of Topliss-reactive ketones (excluding diaryl/α,β-unsaturated/α-hetero) is 1. The van der Waals surface area contributed by atoms with E-state index in [2.05, 4.69) is 4.74 Å². The van der Waals surface area contributed by atoms with E-state index < -0.39 is 17.9 Å². The quantitative estimate of drug-likeness (QED) is 0.523. The largest absolute Gasteiger partial charge is 0.464 e. The van der Waals surface area contributed by atoms with Crippen molar-refractivity contribution in [2.24, 2.45) is 5.92 Å². The van der Waals surface area contributed by atoms with Crippen LogP contribution >= 0.6 is 0 Å². The molecule has 0 amide bonds. The van der Waals surface area contributed by atoms with Crippen LogP contribution in [0.25, 0.3) is 0 Å². The molecular formula is C10H16O4. The van der Waals surface area contributed by atoms with Crippen molar-refractivity contribution >= 4 is 11.8 Å². The number of hydrogen-bond acceptors (Lipinski definition) is 4. The van der Waals surface area contributed by atoms with E-state index in [0.717, 1.165) is 19.3 Å². The molecule has 1 atom stereocenters. The molecule has 0 radical (unpaired) electrons. The molecule has 1 fully saturated rings. The third kappa shape index (κ3) is 2.80. The van der Waals surface area contributed by atoms with Gasteiger partial charge in [-0.25, -0.2) is 4.79 Å². The normalized spacial score (nSPS) is 18.4. The van der Waals surface area contributed by atoms with Crippen LogP contribution in [-0.4, -0.2) is 29.6 Å². The van der Waals surface area contributed by atoms with Crippen molar-refractivity contribution in [3.05, 3.63) is 0 Å². The van der Waals surface area contributed by atoms with E-state index in [0.29, 0.717) is 12.3 Å². The zero-order valence-corrected chi connectivity index (χ0v) is 8.36. The molecule has 1 aliphatic carbocycles. The summed E-state index contributed by atoms with van der Waals surface area (Å²) in [5.74, 6) is -0.864. The standard InChI is InChI=1S/C10H16O4/c1-2-14-10(13)9(12)8(11)6-7-4-3-5-7/h7,9,12H,2-6H2,1H3. The molecule has 0 aromatic carbocycles. The number of aliphatic hydroxyl groups excluding tert-OH is 1. The van der Waals surface area contributed by atoms with E-state index in [9.17, 15) is 14.7 Å². The lowest BCUT2D eigenvalue weighted by Gasteiger charge is -2.24. The molecular weight excluding hydrogens is 184 g/mol. The first-order valence-corrected chi connectivity index (χ1v) is 5.02. The van der Waals surface area contributed by atoms with Gasteiger partial charge < -0.3 is 9.84 Å². The summed E-state index contributed by atoms with van der Waals surface area (Å²) >= 11 is 0. The summed E-state index contributed by atoms with van der Waals surface area (Å²) in [4.78, 5) is 22.3. The van der Waals surface area contributed by atoms with Gasteiger partial charge in [0.25, 0.3) is 0 Å². The number of aliphatic hydroxyl groups is 1. The van der Waals surface area contributed by atoms with E-state index in [1.54, 1.807) is 6.92 Å². The molecule has 1 unspecified atom stereocenters. The predicted octanol–water partition coefficient (Wildman–Crippen LogP) is 0.670. The Balaban J connectivity index is 2.30. The van der Waals surface area contributed by atoms with E-state index in [4.69, 9.17) is 0 Å². The Morgan fingerprint density at radius 1 is 1.50 bits per heavy atom. The van der Waals surface area contributed by atoms with Gasteiger partial charge in [-0.05, 0) is 12.8 Å². The molecule has 0 bridgehead atoms. The third-order valence-electron chi connectivity index (χ3n) is 2.53. The molecule has 1 rings (SSSR count). The molecule has 0 saturated heterocycles. The molecule has 4 nitrogen and oxygen atoms in total. The van der Waals surface area contributed by atoms with Crippen LogP contribution in [0.1, 0.15) is 32.6 Å². The van der Waals surface area contributed by atoms with Gasteiger partial charge in [0.1, 0.15) is 0 Å². The van der Waals surface area contributed by atoms with E-state index in [-0.39, 0.29) is 6.61 Å². The first-order chi connectivity index (χ1) is 6.65. The van der Waals surface area contributed by atoms with Gasteiger partial charge in [0.05, 0.1) is 6.61 Å². The Morgan fingerprint density at radius 3 is 2.57 bits per heavy atom. The summed E-state index contributed by atoms with van der Waals surface area (Å²) in [6.07, 6.45) is 1.94. The highest BCUT2D eigenvalue weighted by atomic mass is 16.5. The zero-order chi connectivity index (χ0) is 10.6. The highest BCUT2D eigenvalue weighted by Gasteiger charge is 2.29. The minimum Gasteiger partial charge on any atom is -0.464 e. The van der Waals surface area contributed by atoms with E-state index >= 15 is 0 Å². The lowest BCUT2D eigenvalue weighted by atomic mass is 9.81. The van der Waals surface area contributed by atoms with Gasteiger partial charge in [-0.1, -0.05) is 19.3 Å². The molecule has 1 aliphatic rings. The molecule has 4 heteroatoms. The summed E-state index contributed by atoms with van der Waals surface area (Å²) in [5, 5.41) is 9.26. The van der Waals surface area contributed by atoms with Crippen molar-refractivity contribution in [3.8, 4) is 0 Å². The van der Waals surface area contributed by atoms with Gasteiger partial charge in [-0.2, -0.15) is 0 Å². The maximum Gasteiger partial charge on any atom is 0.342 e. The van der Waals surface area contributed by atoms with E-state index in [1.165, 1.54) is 0 Å². The second kappa shape index (κ2) is 5.10. The smallest absolute Gasteiger partial charge is 0.342 e. The van der Waals surface area contributed by atoms with Gasteiger partial charge >= 0.3 is 5.97 Å². The molecule has 0 heterocycles. The van der Waals surface area contributed by atoms with Gasteiger partial charge in [0.15, 0.2) is 5.78 Å². The molecule has 1 N–H and O–H groups in total. The number of carbonyl (C=O) groups excluding carboxylic acids is 2. The Bertz CT molecular complexity index is 220. The summed E-state index contributed by atoms with van der Waals surface area (Å²) in [6.45, 7) is 1.83. The lowest BCUT2D eigenvalue weighted by Crippen LogP contribution is -2.33. The van der Waals surface area contributed by atoms with Crippen LogP contribution in [0.3, 0.4) is 0 Å². The summed E-state index contributed by atoms with van der Waals surface area (Å²) in [6, 6.07) is 0. The highest BCUT2D eigenvalue weighted by molar-refractivity contribution is 6.01. The van der Waals surface area contributed by atoms with Crippen molar-refractivity contribution in [1.29, 1.82) is 0 Å². The first kappa shape index (κ1) is 11.2. The fourth-order valence-electron chi connectivity index (χ4n) is 1.45. The van der Waals surface area contributed by atoms with Crippen LogP contribution in [0.5, 0.6) is 0 Å². The Hall–Kier alpha value is -0.900. The lowest BCUT2D eigenvalue weighted by molar-refractivity contribution is -0.157. The molecule has 0 spiro atoms. The first-order valence-electron chi connectivity index (χ1n) is 5.02. The summed E-state index contributed by atoms with van der Waals surface area (Å²) in [7, 11) is 0. The minimum atomic E-state index is -1.57. The fourth-order valence-corrected chi connectivity index (χ4v) is 1.45. The van der Waals surface area contributed by atoms with Gasteiger partial charge in [-0.3, -0.25) is 4.79 Å². The molecule has 0 aromatic rings. The fraction of sp³-hybridized carbons (Fsp3) is 0.800. The summed E-state index contributed by atoms with van der Waals surface area (Å²) in [5.41, 5.74) is 0. The molecule has 14 heavy (non-hydrogen) atoms. The van der Waals surface area contributed by atoms with Crippen LogP contribution < -0.4 is 0 Å². The van der Waals surface area contributed by atoms with E-state index in [1.807, 2.05) is 0 Å². The number of hydrogen-bond donors (Lipinski definition) is 1. The van der Waals surface area contributed by atoms with Crippen LogP contribution in [0, 0.1) is 5.92 Å². The molecule has 0 aromatic heterocycles. The summed E-state index contributed by atoms with van der Waals surface area (Å²) < 4.78 is 4.55. The van der Waals surface area contributed by atoms with Crippen LogP contribution in [0.15, 0.2) is 0 Å². The van der Waals surface area contributed by atoms with Crippen molar-refractivity contribution in [3.63, 3.8) is 0 Å². The monoisotopic (exact) mass is 200 g/mol. The SMILES string of the molecule is CCOC(=O)C(O)C(=O)CC1CCC1. The number of rotatable bonds is 5. The van der Waals surface area contributed by atoms with Crippen LogP contribution in [-0.2, 0) is 14.3 Å². The second-order valence-electron chi connectivity index (χ2n) is 3.62. The number of carbonyl (C=O) groups is 2. The Kier molecular flexibility index (Phi) is 4.07. The average molecular weight is 200 g/mol. The number of esters is 1. The zero-order valence-electron chi connectivity index (χ0n) is 8.36. The topological polar surface area (TPSA) is 63.6 Å².